The molecule has 0 spiro atoms. The number of sulfonamides is 1. The molecule has 112 valence electrons. The smallest absolute Gasteiger partial charge is 0.243 e. The van der Waals surface area contributed by atoms with Gasteiger partial charge in [0.2, 0.25) is 10.0 Å². The molecular weight excluding hydrogens is 346 g/mol. The van der Waals surface area contributed by atoms with Gasteiger partial charge in [0.05, 0.1) is 24.7 Å². The zero-order valence-electron chi connectivity index (χ0n) is 11.5. The van der Waals surface area contributed by atoms with Gasteiger partial charge in [-0.05, 0) is 31.2 Å². The van der Waals surface area contributed by atoms with Crippen LogP contribution in [0.5, 0.6) is 5.75 Å². The topological polar surface area (TPSA) is 55.8 Å². The molecule has 2 rings (SSSR count). The summed E-state index contributed by atoms with van der Waals surface area (Å²) in [6.45, 7) is 2.62. The molecule has 0 aromatic heterocycles. The third kappa shape index (κ3) is 3.16. The summed E-state index contributed by atoms with van der Waals surface area (Å²) >= 11 is 3.34. The molecule has 0 radical (unpaired) electrons. The Balaban J connectivity index is 2.27. The lowest BCUT2D eigenvalue weighted by Crippen LogP contribution is -2.51. The number of hydrogen-bond acceptors (Lipinski definition) is 4. The fraction of sp³-hybridized carbons (Fsp3) is 0.538. The molecule has 2 atom stereocenters. The Bertz CT molecular complexity index is 546. The van der Waals surface area contributed by atoms with Gasteiger partial charge in [0.15, 0.2) is 0 Å². The van der Waals surface area contributed by atoms with Gasteiger partial charge in [-0.3, -0.25) is 0 Å². The first kappa shape index (κ1) is 15.8. The van der Waals surface area contributed by atoms with E-state index in [-0.39, 0.29) is 17.0 Å². The maximum absolute atomic E-state index is 12.7. The molecular formula is C13H18BrNO4S. The minimum Gasteiger partial charge on any atom is -0.497 e. The van der Waals surface area contributed by atoms with Crippen molar-refractivity contribution in [3.63, 3.8) is 0 Å². The van der Waals surface area contributed by atoms with E-state index in [1.54, 1.807) is 31.4 Å². The maximum Gasteiger partial charge on any atom is 0.243 e. The number of morpholine rings is 1. The third-order valence-corrected chi connectivity index (χ3v) is 6.00. The predicted octanol–water partition coefficient (Wildman–Crippen LogP) is 1.87. The van der Waals surface area contributed by atoms with E-state index in [9.17, 15) is 8.42 Å². The lowest BCUT2D eigenvalue weighted by Gasteiger charge is -2.36. The van der Waals surface area contributed by atoms with E-state index in [0.29, 0.717) is 24.2 Å². The molecule has 5 nitrogen and oxygen atoms in total. The largest absolute Gasteiger partial charge is 0.497 e. The van der Waals surface area contributed by atoms with Crippen LogP contribution in [0, 0.1) is 0 Å². The molecule has 2 unspecified atom stereocenters. The van der Waals surface area contributed by atoms with Crippen molar-refractivity contribution in [2.75, 3.05) is 25.6 Å². The molecule has 20 heavy (non-hydrogen) atoms. The molecule has 7 heteroatoms. The van der Waals surface area contributed by atoms with E-state index < -0.39 is 10.0 Å². The van der Waals surface area contributed by atoms with Crippen LogP contribution in [0.1, 0.15) is 6.92 Å². The molecule has 1 aliphatic rings. The van der Waals surface area contributed by atoms with Crippen molar-refractivity contribution in [3.8, 4) is 5.75 Å². The highest BCUT2D eigenvalue weighted by atomic mass is 79.9. The van der Waals surface area contributed by atoms with Crippen LogP contribution in [-0.2, 0) is 14.8 Å². The van der Waals surface area contributed by atoms with Crippen molar-refractivity contribution < 1.29 is 17.9 Å². The van der Waals surface area contributed by atoms with Gasteiger partial charge in [-0.25, -0.2) is 8.42 Å². The summed E-state index contributed by atoms with van der Waals surface area (Å²) in [5.41, 5.74) is 0. The zero-order valence-corrected chi connectivity index (χ0v) is 13.9. The summed E-state index contributed by atoms with van der Waals surface area (Å²) in [5, 5.41) is 0.619. The van der Waals surface area contributed by atoms with Crippen LogP contribution in [0.3, 0.4) is 0 Å². The molecule has 1 fully saturated rings. The fourth-order valence-corrected chi connectivity index (χ4v) is 4.14. The molecule has 0 bridgehead atoms. The fourth-order valence-electron chi connectivity index (χ4n) is 2.10. The Morgan fingerprint density at radius 1 is 1.40 bits per heavy atom. The summed E-state index contributed by atoms with van der Waals surface area (Å²) in [5.74, 6) is 0.636. The van der Waals surface area contributed by atoms with Crippen molar-refractivity contribution >= 4 is 26.0 Å². The number of alkyl halides is 1. The number of rotatable bonds is 4. The number of halogens is 1. The quantitative estimate of drug-likeness (QED) is 0.766. The van der Waals surface area contributed by atoms with Crippen molar-refractivity contribution in [1.82, 2.24) is 4.31 Å². The average Bonchev–Trinajstić information content (AvgIpc) is 2.47. The van der Waals surface area contributed by atoms with Crippen molar-refractivity contribution in [2.24, 2.45) is 0 Å². The first-order valence-electron chi connectivity index (χ1n) is 6.32. The Labute approximate surface area is 128 Å². The van der Waals surface area contributed by atoms with Gasteiger partial charge >= 0.3 is 0 Å². The van der Waals surface area contributed by atoms with Crippen molar-refractivity contribution in [3.05, 3.63) is 24.3 Å². The minimum absolute atomic E-state index is 0.112. The number of nitrogens with zero attached hydrogens (tertiary/aromatic N) is 1. The minimum atomic E-state index is -3.50. The molecule has 0 N–H and O–H groups in total. The average molecular weight is 364 g/mol. The molecule has 0 saturated carbocycles. The van der Waals surface area contributed by atoms with Crippen LogP contribution in [0.4, 0.5) is 0 Å². The second-order valence-corrected chi connectivity index (χ2v) is 7.25. The highest BCUT2D eigenvalue weighted by molar-refractivity contribution is 9.09. The predicted molar refractivity (Wildman–Crippen MR) is 79.9 cm³/mol. The Morgan fingerprint density at radius 3 is 2.60 bits per heavy atom. The van der Waals surface area contributed by atoms with Gasteiger partial charge in [0.1, 0.15) is 5.75 Å². The van der Waals surface area contributed by atoms with E-state index in [0.717, 1.165) is 0 Å². The molecule has 1 aromatic rings. The van der Waals surface area contributed by atoms with Gasteiger partial charge in [0, 0.05) is 17.9 Å². The van der Waals surface area contributed by atoms with Gasteiger partial charge in [0.25, 0.3) is 0 Å². The van der Waals surface area contributed by atoms with Crippen LogP contribution >= 0.6 is 15.9 Å². The Hall–Kier alpha value is -0.630. The lowest BCUT2D eigenvalue weighted by atomic mass is 10.2. The standard InChI is InChI=1S/C13H18BrNO4S/c1-10-9-19-12(7-14)8-15(10)20(16,17)13-5-3-11(18-2)4-6-13/h3-6,10,12H,7-9H2,1-2H3. The molecule has 1 aromatic carbocycles. The molecule has 1 saturated heterocycles. The van der Waals surface area contributed by atoms with Crippen LogP contribution in [0.15, 0.2) is 29.2 Å². The number of methoxy groups -OCH3 is 1. The van der Waals surface area contributed by atoms with E-state index >= 15 is 0 Å². The summed E-state index contributed by atoms with van der Waals surface area (Å²) < 4.78 is 37.5. The highest BCUT2D eigenvalue weighted by Crippen LogP contribution is 2.24. The highest BCUT2D eigenvalue weighted by Gasteiger charge is 2.35. The van der Waals surface area contributed by atoms with Crippen LogP contribution < -0.4 is 4.74 Å². The van der Waals surface area contributed by atoms with Crippen LogP contribution in [0.25, 0.3) is 0 Å². The summed E-state index contributed by atoms with van der Waals surface area (Å²) in [7, 11) is -1.95. The van der Waals surface area contributed by atoms with Gasteiger partial charge < -0.3 is 9.47 Å². The number of benzene rings is 1. The first-order chi connectivity index (χ1) is 9.48. The molecule has 1 aliphatic heterocycles. The Kier molecular flexibility index (Phi) is 5.06. The SMILES string of the molecule is COc1ccc(S(=O)(=O)N2CC(CBr)OCC2C)cc1. The molecule has 0 amide bonds. The van der Waals surface area contributed by atoms with Crippen LogP contribution in [0.2, 0.25) is 0 Å². The van der Waals surface area contributed by atoms with Crippen LogP contribution in [-0.4, -0.2) is 50.5 Å². The van der Waals surface area contributed by atoms with E-state index in [1.165, 1.54) is 4.31 Å². The maximum atomic E-state index is 12.7. The third-order valence-electron chi connectivity index (χ3n) is 3.29. The molecule has 0 aliphatic carbocycles. The first-order valence-corrected chi connectivity index (χ1v) is 8.88. The second kappa shape index (κ2) is 6.43. The van der Waals surface area contributed by atoms with E-state index in [2.05, 4.69) is 15.9 Å². The van der Waals surface area contributed by atoms with E-state index in [4.69, 9.17) is 9.47 Å². The van der Waals surface area contributed by atoms with Crippen molar-refractivity contribution in [1.29, 1.82) is 0 Å². The number of hydrogen-bond donors (Lipinski definition) is 0. The summed E-state index contributed by atoms with van der Waals surface area (Å²) in [6, 6.07) is 6.27. The monoisotopic (exact) mass is 363 g/mol. The normalized spacial score (nSPS) is 24.6. The Morgan fingerprint density at radius 2 is 2.05 bits per heavy atom. The number of ether oxygens (including phenoxy) is 2. The van der Waals surface area contributed by atoms with Gasteiger partial charge in [-0.15, -0.1) is 0 Å². The lowest BCUT2D eigenvalue weighted by molar-refractivity contribution is -0.0139. The van der Waals surface area contributed by atoms with Crippen molar-refractivity contribution in [2.45, 2.75) is 24.0 Å². The zero-order chi connectivity index (χ0) is 14.8. The summed E-state index contributed by atoms with van der Waals surface area (Å²) in [6.07, 6.45) is -0.112. The summed E-state index contributed by atoms with van der Waals surface area (Å²) in [4.78, 5) is 0.278. The molecule has 1 heterocycles. The van der Waals surface area contributed by atoms with Gasteiger partial charge in [-0.2, -0.15) is 4.31 Å². The van der Waals surface area contributed by atoms with E-state index in [1.807, 2.05) is 6.92 Å². The second-order valence-electron chi connectivity index (χ2n) is 4.71. The van der Waals surface area contributed by atoms with Gasteiger partial charge in [-0.1, -0.05) is 15.9 Å².